The molecule has 1 heterocycles. The normalized spacial score (nSPS) is 14.6. The maximum Gasteiger partial charge on any atom is 0.326 e. The summed E-state index contributed by atoms with van der Waals surface area (Å²) in [6.07, 6.45) is 2.10. The van der Waals surface area contributed by atoms with Crippen molar-refractivity contribution in [1.29, 1.82) is 0 Å². The lowest BCUT2D eigenvalue weighted by molar-refractivity contribution is -0.142. The van der Waals surface area contributed by atoms with Crippen molar-refractivity contribution in [2.45, 2.75) is 38.8 Å². The van der Waals surface area contributed by atoms with E-state index in [1.165, 1.54) is 0 Å². The zero-order valence-corrected chi connectivity index (χ0v) is 15.4. The highest BCUT2D eigenvalue weighted by atomic mass is 16.4. The molecule has 0 aromatic heterocycles. The molecule has 0 unspecified atom stereocenters. The Morgan fingerprint density at radius 1 is 1.15 bits per heavy atom. The Labute approximate surface area is 158 Å². The van der Waals surface area contributed by atoms with Gasteiger partial charge in [0.15, 0.2) is 0 Å². The number of carboxylic acid groups (broad SMARTS) is 1. The molecular weight excluding hydrogens is 348 g/mol. The Balaban J connectivity index is 2.09. The van der Waals surface area contributed by atoms with Crippen LogP contribution in [0.2, 0.25) is 0 Å². The fourth-order valence-electron chi connectivity index (χ4n) is 2.89. The van der Waals surface area contributed by atoms with Crippen molar-refractivity contribution in [3.8, 4) is 0 Å². The van der Waals surface area contributed by atoms with Gasteiger partial charge in [-0.1, -0.05) is 32.0 Å². The topological polar surface area (TPSA) is 136 Å². The SMILES string of the molecule is CC(C)C[C@H](NC(=O)CN)C(=O)N[C@@H](CC1=C[N]c2ccccc21)C(=O)O. The quantitative estimate of drug-likeness (QED) is 0.506. The lowest BCUT2D eigenvalue weighted by atomic mass is 9.99. The highest BCUT2D eigenvalue weighted by Crippen LogP contribution is 2.32. The summed E-state index contributed by atoms with van der Waals surface area (Å²) in [5.74, 6) is -2.02. The number of hydrogen-bond donors (Lipinski definition) is 4. The van der Waals surface area contributed by atoms with Crippen LogP contribution in [0.25, 0.3) is 5.57 Å². The third-order valence-electron chi connectivity index (χ3n) is 4.19. The molecule has 1 aliphatic heterocycles. The molecule has 2 rings (SSSR count). The first-order valence-electron chi connectivity index (χ1n) is 8.83. The Kier molecular flexibility index (Phi) is 6.95. The number of carboxylic acids is 1. The van der Waals surface area contributed by atoms with E-state index in [-0.39, 0.29) is 18.9 Å². The van der Waals surface area contributed by atoms with Crippen LogP contribution in [0.1, 0.15) is 32.3 Å². The summed E-state index contributed by atoms with van der Waals surface area (Å²) in [6, 6.07) is 5.44. The fraction of sp³-hybridized carbons (Fsp3) is 0.421. The number of aliphatic carboxylic acids is 1. The lowest BCUT2D eigenvalue weighted by Gasteiger charge is -2.23. The van der Waals surface area contributed by atoms with Gasteiger partial charge in [0.2, 0.25) is 11.8 Å². The molecule has 5 N–H and O–H groups in total. The molecule has 145 valence electrons. The van der Waals surface area contributed by atoms with Crippen molar-refractivity contribution < 1.29 is 19.5 Å². The lowest BCUT2D eigenvalue weighted by Crippen LogP contribution is -2.53. The Bertz CT molecular complexity index is 745. The minimum atomic E-state index is -1.15. The molecule has 0 aliphatic carbocycles. The van der Waals surface area contributed by atoms with E-state index in [1.54, 1.807) is 6.20 Å². The van der Waals surface area contributed by atoms with Crippen LogP contribution >= 0.6 is 0 Å². The van der Waals surface area contributed by atoms with Crippen molar-refractivity contribution in [2.75, 3.05) is 6.54 Å². The van der Waals surface area contributed by atoms with Crippen molar-refractivity contribution >= 4 is 29.0 Å². The molecule has 0 spiro atoms. The predicted octanol–water partition coefficient (Wildman–Crippen LogP) is 0.726. The molecule has 27 heavy (non-hydrogen) atoms. The molecular formula is C19H25N4O4. The monoisotopic (exact) mass is 373 g/mol. The van der Waals surface area contributed by atoms with Gasteiger partial charge in [-0.05, 0) is 24.0 Å². The van der Waals surface area contributed by atoms with Crippen molar-refractivity contribution in [2.24, 2.45) is 11.7 Å². The smallest absolute Gasteiger partial charge is 0.326 e. The molecule has 1 radical (unpaired) electrons. The maximum absolute atomic E-state index is 12.6. The second kappa shape index (κ2) is 9.18. The maximum atomic E-state index is 12.6. The Morgan fingerprint density at radius 3 is 2.48 bits per heavy atom. The molecule has 0 bridgehead atoms. The Hall–Kier alpha value is -2.87. The van der Waals surface area contributed by atoms with Crippen LogP contribution in [0, 0.1) is 5.92 Å². The van der Waals surface area contributed by atoms with E-state index >= 15 is 0 Å². The minimum absolute atomic E-state index is 0.0980. The second-order valence-electron chi connectivity index (χ2n) is 6.86. The van der Waals surface area contributed by atoms with Crippen LogP contribution in [0.15, 0.2) is 30.5 Å². The molecule has 1 aromatic rings. The van der Waals surface area contributed by atoms with E-state index in [2.05, 4.69) is 16.0 Å². The third-order valence-corrected chi connectivity index (χ3v) is 4.19. The molecule has 0 saturated carbocycles. The second-order valence-corrected chi connectivity index (χ2v) is 6.86. The summed E-state index contributed by atoms with van der Waals surface area (Å²) in [7, 11) is 0. The number of amides is 2. The number of nitrogens with one attached hydrogen (secondary N) is 2. The van der Waals surface area contributed by atoms with E-state index in [0.29, 0.717) is 6.42 Å². The standard InChI is InChI=1S/C19H25N4O4/c1-11(2)7-15(22-17(24)9-20)18(25)23-16(19(26)27)8-12-10-21-14-6-4-3-5-13(12)14/h3-6,10-11,15-16H,7-9,20H2,1-2H3,(H,22,24)(H,23,25)(H,26,27)/t15-,16-/m0/s1. The molecule has 8 heteroatoms. The number of nitrogens with zero attached hydrogens (tertiary/aromatic N) is 1. The number of benzene rings is 1. The zero-order valence-electron chi connectivity index (χ0n) is 15.4. The summed E-state index contributed by atoms with van der Waals surface area (Å²) >= 11 is 0. The number of carbonyl (C=O) groups excluding carboxylic acids is 2. The summed E-state index contributed by atoms with van der Waals surface area (Å²) in [4.78, 5) is 35.9. The van der Waals surface area contributed by atoms with Gasteiger partial charge in [-0.2, -0.15) is 0 Å². The predicted molar refractivity (Wildman–Crippen MR) is 101 cm³/mol. The summed E-state index contributed by atoms with van der Waals surface area (Å²) in [5.41, 5.74) is 7.67. The van der Waals surface area contributed by atoms with Crippen LogP contribution in [0.3, 0.4) is 0 Å². The van der Waals surface area contributed by atoms with Gasteiger partial charge in [-0.15, -0.1) is 0 Å². The Morgan fingerprint density at radius 2 is 1.85 bits per heavy atom. The summed E-state index contributed by atoms with van der Waals surface area (Å²) in [6.45, 7) is 3.58. The first-order chi connectivity index (χ1) is 12.8. The summed E-state index contributed by atoms with van der Waals surface area (Å²) < 4.78 is 0. The average molecular weight is 373 g/mol. The first kappa shape index (κ1) is 20.4. The number of para-hydroxylation sites is 1. The van der Waals surface area contributed by atoms with Crippen LogP contribution in [0.5, 0.6) is 0 Å². The van der Waals surface area contributed by atoms with Crippen LogP contribution in [-0.2, 0) is 14.4 Å². The van der Waals surface area contributed by atoms with Crippen LogP contribution in [-0.4, -0.2) is 41.5 Å². The van der Waals surface area contributed by atoms with Gasteiger partial charge in [-0.25, -0.2) is 4.79 Å². The molecule has 2 amide bonds. The fourth-order valence-corrected chi connectivity index (χ4v) is 2.89. The van der Waals surface area contributed by atoms with Gasteiger partial charge in [0.1, 0.15) is 12.1 Å². The average Bonchev–Trinajstić information content (AvgIpc) is 3.03. The van der Waals surface area contributed by atoms with E-state index in [9.17, 15) is 19.5 Å². The molecule has 0 saturated heterocycles. The van der Waals surface area contributed by atoms with Crippen molar-refractivity contribution in [3.63, 3.8) is 0 Å². The zero-order chi connectivity index (χ0) is 20.0. The molecule has 0 fully saturated rings. The van der Waals surface area contributed by atoms with Crippen LogP contribution in [0.4, 0.5) is 5.69 Å². The van der Waals surface area contributed by atoms with Crippen molar-refractivity contribution in [1.82, 2.24) is 16.0 Å². The van der Waals surface area contributed by atoms with Crippen molar-refractivity contribution in [3.05, 3.63) is 36.0 Å². The first-order valence-corrected chi connectivity index (χ1v) is 8.83. The number of nitrogens with two attached hydrogens (primary N) is 1. The largest absolute Gasteiger partial charge is 0.480 e. The van der Waals surface area contributed by atoms with Gasteiger partial charge < -0.3 is 21.5 Å². The van der Waals surface area contributed by atoms with Gasteiger partial charge >= 0.3 is 5.97 Å². The minimum Gasteiger partial charge on any atom is -0.480 e. The highest BCUT2D eigenvalue weighted by molar-refractivity contribution is 5.92. The third kappa shape index (κ3) is 5.55. The molecule has 1 aliphatic rings. The van der Waals surface area contributed by atoms with E-state index in [1.807, 2.05) is 38.1 Å². The number of carbonyl (C=O) groups is 3. The molecule has 2 atom stereocenters. The van der Waals surface area contributed by atoms with E-state index in [4.69, 9.17) is 5.73 Å². The molecule has 8 nitrogen and oxygen atoms in total. The van der Waals surface area contributed by atoms with Gasteiger partial charge in [0, 0.05) is 18.2 Å². The summed E-state index contributed by atoms with van der Waals surface area (Å²) in [5, 5.41) is 18.9. The highest BCUT2D eigenvalue weighted by Gasteiger charge is 2.29. The number of hydrogen-bond acceptors (Lipinski definition) is 4. The number of rotatable bonds is 9. The van der Waals surface area contributed by atoms with E-state index in [0.717, 1.165) is 16.8 Å². The van der Waals surface area contributed by atoms with Gasteiger partial charge in [-0.3, -0.25) is 14.9 Å². The van der Waals surface area contributed by atoms with E-state index < -0.39 is 29.9 Å². The van der Waals surface area contributed by atoms with Gasteiger partial charge in [0.05, 0.1) is 12.2 Å². The molecule has 1 aromatic carbocycles. The van der Waals surface area contributed by atoms with Crippen LogP contribution < -0.4 is 21.7 Å². The number of fused-ring (bicyclic) bond motifs is 1. The van der Waals surface area contributed by atoms with Gasteiger partial charge in [0.25, 0.3) is 0 Å².